The van der Waals surface area contributed by atoms with E-state index in [9.17, 15) is 4.79 Å². The van der Waals surface area contributed by atoms with Crippen LogP contribution in [0.15, 0.2) is 24.3 Å². The molecule has 1 heterocycles. The van der Waals surface area contributed by atoms with E-state index in [-0.39, 0.29) is 0 Å². The van der Waals surface area contributed by atoms with E-state index in [1.165, 1.54) is 5.56 Å². The second-order valence-electron chi connectivity index (χ2n) is 5.45. The van der Waals surface area contributed by atoms with Gasteiger partial charge < -0.3 is 9.64 Å². The van der Waals surface area contributed by atoms with E-state index in [0.29, 0.717) is 18.9 Å². The lowest BCUT2D eigenvalue weighted by molar-refractivity contribution is -0.133. The summed E-state index contributed by atoms with van der Waals surface area (Å²) in [5, 5.41) is 0. The number of ether oxygens (including phenoxy) is 1. The Morgan fingerprint density at radius 2 is 1.86 bits per heavy atom. The van der Waals surface area contributed by atoms with Crippen LogP contribution >= 0.6 is 0 Å². The molecule has 1 aliphatic heterocycles. The number of nitrogens with zero attached hydrogens (tertiary/aromatic N) is 2. The van der Waals surface area contributed by atoms with Crippen LogP contribution in [0.3, 0.4) is 0 Å². The lowest BCUT2D eigenvalue weighted by Crippen LogP contribution is -2.48. The zero-order chi connectivity index (χ0) is 15.1. The fraction of sp³-hybridized carbons (Fsp3) is 0.588. The van der Waals surface area contributed by atoms with E-state index < -0.39 is 0 Å². The lowest BCUT2D eigenvalue weighted by Gasteiger charge is -2.35. The second-order valence-corrected chi connectivity index (χ2v) is 5.45. The number of carbonyl (C=O) groups excluding carboxylic acids is 1. The topological polar surface area (TPSA) is 32.8 Å². The van der Waals surface area contributed by atoms with Crippen LogP contribution in [0, 0.1) is 0 Å². The summed E-state index contributed by atoms with van der Waals surface area (Å²) < 4.78 is 5.68. The largest absolute Gasteiger partial charge is 0.494 e. The monoisotopic (exact) mass is 290 g/mol. The van der Waals surface area contributed by atoms with Crippen molar-refractivity contribution in [2.45, 2.75) is 33.2 Å². The normalized spacial score (nSPS) is 16.0. The number of carbonyl (C=O) groups is 1. The Morgan fingerprint density at radius 3 is 2.52 bits per heavy atom. The molecule has 1 aliphatic rings. The molecule has 0 radical (unpaired) electrons. The van der Waals surface area contributed by atoms with Crippen LogP contribution < -0.4 is 4.74 Å². The summed E-state index contributed by atoms with van der Waals surface area (Å²) >= 11 is 0. The summed E-state index contributed by atoms with van der Waals surface area (Å²) in [6, 6.07) is 8.22. The van der Waals surface area contributed by atoms with Gasteiger partial charge >= 0.3 is 0 Å². The minimum absolute atomic E-state index is 0.298. The number of amides is 1. The van der Waals surface area contributed by atoms with E-state index >= 15 is 0 Å². The first-order valence-electron chi connectivity index (χ1n) is 7.95. The van der Waals surface area contributed by atoms with E-state index in [0.717, 1.165) is 44.9 Å². The van der Waals surface area contributed by atoms with Gasteiger partial charge in [0.05, 0.1) is 6.61 Å². The smallest absolute Gasteiger partial charge is 0.222 e. The van der Waals surface area contributed by atoms with Gasteiger partial charge in [-0.05, 0) is 19.4 Å². The van der Waals surface area contributed by atoms with Crippen LogP contribution in [0.25, 0.3) is 0 Å². The van der Waals surface area contributed by atoms with Gasteiger partial charge in [0.25, 0.3) is 0 Å². The summed E-state index contributed by atoms with van der Waals surface area (Å²) in [4.78, 5) is 16.3. The number of para-hydroxylation sites is 1. The Morgan fingerprint density at radius 1 is 1.14 bits per heavy atom. The molecule has 0 aliphatic carbocycles. The van der Waals surface area contributed by atoms with Gasteiger partial charge in [-0.25, -0.2) is 0 Å². The predicted octanol–water partition coefficient (Wildman–Crippen LogP) is 2.53. The molecule has 1 aromatic carbocycles. The van der Waals surface area contributed by atoms with Gasteiger partial charge in [-0.2, -0.15) is 0 Å². The van der Waals surface area contributed by atoms with Crippen molar-refractivity contribution in [3.05, 3.63) is 29.8 Å². The van der Waals surface area contributed by atoms with Crippen molar-refractivity contribution in [1.29, 1.82) is 0 Å². The third-order valence-electron chi connectivity index (χ3n) is 3.86. The Balaban J connectivity index is 1.87. The Bertz CT molecular complexity index is 454. The predicted molar refractivity (Wildman–Crippen MR) is 84.4 cm³/mol. The number of piperazine rings is 1. The number of hydrogen-bond acceptors (Lipinski definition) is 3. The molecule has 116 valence electrons. The molecule has 0 spiro atoms. The zero-order valence-corrected chi connectivity index (χ0v) is 13.2. The second kappa shape index (κ2) is 8.03. The van der Waals surface area contributed by atoms with Gasteiger partial charge in [-0.3, -0.25) is 9.69 Å². The Labute approximate surface area is 127 Å². The van der Waals surface area contributed by atoms with Crippen LogP contribution in [-0.2, 0) is 11.3 Å². The van der Waals surface area contributed by atoms with Crippen molar-refractivity contribution in [3.63, 3.8) is 0 Å². The highest BCUT2D eigenvalue weighted by atomic mass is 16.5. The fourth-order valence-electron chi connectivity index (χ4n) is 2.70. The van der Waals surface area contributed by atoms with Crippen LogP contribution in [0.2, 0.25) is 0 Å². The highest BCUT2D eigenvalue weighted by Gasteiger charge is 2.21. The average molecular weight is 290 g/mol. The molecule has 4 nitrogen and oxygen atoms in total. The van der Waals surface area contributed by atoms with E-state index in [4.69, 9.17) is 4.74 Å². The van der Waals surface area contributed by atoms with Crippen molar-refractivity contribution in [2.75, 3.05) is 32.8 Å². The van der Waals surface area contributed by atoms with Crippen molar-refractivity contribution in [2.24, 2.45) is 0 Å². The Kier molecular flexibility index (Phi) is 6.05. The first-order chi connectivity index (χ1) is 10.2. The molecular formula is C17H26N2O2. The van der Waals surface area contributed by atoms with E-state index in [1.807, 2.05) is 24.0 Å². The van der Waals surface area contributed by atoms with Crippen molar-refractivity contribution in [1.82, 2.24) is 9.80 Å². The van der Waals surface area contributed by atoms with Gasteiger partial charge in [0.2, 0.25) is 5.91 Å². The number of rotatable bonds is 6. The summed E-state index contributed by atoms with van der Waals surface area (Å²) in [5.74, 6) is 1.27. The summed E-state index contributed by atoms with van der Waals surface area (Å²) in [5.41, 5.74) is 1.23. The van der Waals surface area contributed by atoms with Gasteiger partial charge in [0.15, 0.2) is 0 Å². The maximum absolute atomic E-state index is 11.9. The van der Waals surface area contributed by atoms with Gasteiger partial charge in [-0.1, -0.05) is 25.1 Å². The lowest BCUT2D eigenvalue weighted by atomic mass is 10.1. The Hall–Kier alpha value is -1.55. The van der Waals surface area contributed by atoms with Gasteiger partial charge in [0, 0.05) is 44.7 Å². The molecule has 0 saturated carbocycles. The summed E-state index contributed by atoms with van der Waals surface area (Å²) in [6.45, 7) is 9.22. The highest BCUT2D eigenvalue weighted by molar-refractivity contribution is 5.76. The third-order valence-corrected chi connectivity index (χ3v) is 3.86. The first kappa shape index (κ1) is 15.8. The summed E-state index contributed by atoms with van der Waals surface area (Å²) in [7, 11) is 0. The summed E-state index contributed by atoms with van der Waals surface area (Å²) in [6.07, 6.45) is 1.61. The van der Waals surface area contributed by atoms with Crippen LogP contribution in [0.5, 0.6) is 5.75 Å². The number of benzene rings is 1. The molecule has 1 saturated heterocycles. The molecule has 2 rings (SSSR count). The van der Waals surface area contributed by atoms with E-state index in [2.05, 4.69) is 24.0 Å². The van der Waals surface area contributed by atoms with Crippen LogP contribution in [-0.4, -0.2) is 48.5 Å². The molecule has 0 N–H and O–H groups in total. The molecule has 0 aromatic heterocycles. The SMILES string of the molecule is CCCC(=O)N1CCN(Cc2ccccc2OCC)CC1. The molecule has 0 atom stereocenters. The van der Waals surface area contributed by atoms with Gasteiger partial charge in [0.1, 0.15) is 5.75 Å². The minimum atomic E-state index is 0.298. The number of hydrogen-bond donors (Lipinski definition) is 0. The molecule has 1 aromatic rings. The van der Waals surface area contributed by atoms with Crippen LogP contribution in [0.4, 0.5) is 0 Å². The third kappa shape index (κ3) is 4.46. The first-order valence-corrected chi connectivity index (χ1v) is 7.95. The molecule has 1 amide bonds. The highest BCUT2D eigenvalue weighted by Crippen LogP contribution is 2.20. The maximum Gasteiger partial charge on any atom is 0.222 e. The fourth-order valence-corrected chi connectivity index (χ4v) is 2.70. The molecule has 21 heavy (non-hydrogen) atoms. The molecule has 0 unspecified atom stereocenters. The van der Waals surface area contributed by atoms with Crippen LogP contribution in [0.1, 0.15) is 32.3 Å². The van der Waals surface area contributed by atoms with Crippen molar-refractivity contribution in [3.8, 4) is 5.75 Å². The van der Waals surface area contributed by atoms with E-state index in [1.54, 1.807) is 0 Å². The standard InChI is InChI=1S/C17H26N2O2/c1-3-7-17(20)19-12-10-18(11-13-19)14-15-8-5-6-9-16(15)21-4-2/h5-6,8-9H,3-4,7,10-14H2,1-2H3. The average Bonchev–Trinajstić information content (AvgIpc) is 2.50. The quantitative estimate of drug-likeness (QED) is 0.807. The zero-order valence-electron chi connectivity index (χ0n) is 13.2. The minimum Gasteiger partial charge on any atom is -0.494 e. The maximum atomic E-state index is 11.9. The molecule has 0 bridgehead atoms. The molecular weight excluding hydrogens is 264 g/mol. The van der Waals surface area contributed by atoms with Gasteiger partial charge in [-0.15, -0.1) is 0 Å². The molecule has 1 fully saturated rings. The van der Waals surface area contributed by atoms with Crippen molar-refractivity contribution >= 4 is 5.91 Å². The molecule has 4 heteroatoms. The van der Waals surface area contributed by atoms with Crippen molar-refractivity contribution < 1.29 is 9.53 Å².